The first-order valence-electron chi connectivity index (χ1n) is 5.50. The zero-order chi connectivity index (χ0) is 15.3. The van der Waals surface area contributed by atoms with E-state index in [0.717, 1.165) is 4.90 Å². The summed E-state index contributed by atoms with van der Waals surface area (Å²) in [5, 5.41) is 2.04. The Kier molecular flexibility index (Phi) is 5.84. The van der Waals surface area contributed by atoms with Gasteiger partial charge in [0.2, 0.25) is 0 Å². The Balaban J connectivity index is 2.80. The molecule has 3 amide bonds. The van der Waals surface area contributed by atoms with E-state index in [1.165, 1.54) is 18.7 Å². The quantitative estimate of drug-likeness (QED) is 0.652. The largest absolute Gasteiger partial charge is 0.449 e. The first kappa shape index (κ1) is 16.3. The number of carbonyl (C=O) groups is 3. The second-order valence-corrected chi connectivity index (χ2v) is 5.03. The van der Waals surface area contributed by atoms with Crippen LogP contribution < -0.4 is 11.1 Å². The van der Waals surface area contributed by atoms with E-state index in [1.807, 2.05) is 11.6 Å². The summed E-state index contributed by atoms with van der Waals surface area (Å²) in [4.78, 5) is 34.7. The first-order valence-corrected chi connectivity index (χ1v) is 7.10. The molecule has 0 aliphatic rings. The molecule has 0 aliphatic carbocycles. The normalized spacial score (nSPS) is 11.6. The number of halogens is 1. The molecule has 0 bridgehead atoms. The Morgan fingerprint density at radius 3 is 2.60 bits per heavy atom. The minimum atomic E-state index is -1.16. The number of carbonyl (C=O) groups excluding carboxylic acids is 3. The van der Waals surface area contributed by atoms with Gasteiger partial charge >= 0.3 is 12.0 Å². The van der Waals surface area contributed by atoms with Gasteiger partial charge in [0.1, 0.15) is 0 Å². The maximum atomic E-state index is 11.9. The average molecular weight is 317 g/mol. The number of esters is 1. The van der Waals surface area contributed by atoms with Crippen molar-refractivity contribution in [1.29, 1.82) is 0 Å². The number of benzene rings is 1. The van der Waals surface area contributed by atoms with Crippen LogP contribution >= 0.6 is 23.4 Å². The molecule has 0 spiro atoms. The van der Waals surface area contributed by atoms with E-state index in [-0.39, 0.29) is 10.6 Å². The van der Waals surface area contributed by atoms with Crippen LogP contribution in [-0.4, -0.2) is 30.3 Å². The van der Waals surface area contributed by atoms with E-state index in [2.05, 4.69) is 0 Å². The lowest BCUT2D eigenvalue weighted by atomic mass is 10.2. The van der Waals surface area contributed by atoms with Gasteiger partial charge in [0, 0.05) is 4.90 Å². The van der Waals surface area contributed by atoms with Crippen LogP contribution in [0.3, 0.4) is 0 Å². The number of hydrogen-bond acceptors (Lipinski definition) is 5. The molecule has 1 atom stereocenters. The smallest absolute Gasteiger partial charge is 0.340 e. The van der Waals surface area contributed by atoms with Crippen molar-refractivity contribution < 1.29 is 19.1 Å². The molecule has 0 aliphatic heterocycles. The van der Waals surface area contributed by atoms with E-state index in [9.17, 15) is 14.4 Å². The standard InChI is InChI=1S/C12H13ClN2O4S/c1-6(10(16)15-12(14)18)19-11(17)8-5-7(20-2)3-4-9(8)13/h3-6H,1-2H3,(H3,14,15,16,18). The van der Waals surface area contributed by atoms with Crippen LogP contribution in [0.25, 0.3) is 0 Å². The highest BCUT2D eigenvalue weighted by molar-refractivity contribution is 7.98. The van der Waals surface area contributed by atoms with Crippen molar-refractivity contribution in [3.8, 4) is 0 Å². The van der Waals surface area contributed by atoms with Crippen LogP contribution in [0.2, 0.25) is 5.02 Å². The van der Waals surface area contributed by atoms with Gasteiger partial charge in [-0.25, -0.2) is 9.59 Å². The fourth-order valence-corrected chi connectivity index (χ4v) is 1.92. The summed E-state index contributed by atoms with van der Waals surface area (Å²) in [6.07, 6.45) is 0.686. The molecule has 6 nitrogen and oxygen atoms in total. The molecule has 0 aromatic heterocycles. The van der Waals surface area contributed by atoms with Gasteiger partial charge in [-0.1, -0.05) is 11.6 Å². The number of primary amides is 1. The number of imide groups is 1. The lowest BCUT2D eigenvalue weighted by molar-refractivity contribution is -0.127. The van der Waals surface area contributed by atoms with Gasteiger partial charge in [-0.3, -0.25) is 10.1 Å². The molecule has 0 heterocycles. The Hall–Kier alpha value is -1.73. The van der Waals surface area contributed by atoms with Crippen molar-refractivity contribution in [3.63, 3.8) is 0 Å². The number of nitrogens with two attached hydrogens (primary N) is 1. The van der Waals surface area contributed by atoms with Crippen LogP contribution in [-0.2, 0) is 9.53 Å². The molecular formula is C12H13ClN2O4S. The summed E-state index contributed by atoms with van der Waals surface area (Å²) in [5.74, 6) is -1.55. The van der Waals surface area contributed by atoms with Crippen LogP contribution in [0.5, 0.6) is 0 Å². The number of thioether (sulfide) groups is 1. The average Bonchev–Trinajstić information content (AvgIpc) is 2.38. The van der Waals surface area contributed by atoms with Crippen molar-refractivity contribution >= 4 is 41.3 Å². The van der Waals surface area contributed by atoms with E-state index >= 15 is 0 Å². The van der Waals surface area contributed by atoms with Gasteiger partial charge in [-0.15, -0.1) is 11.8 Å². The number of nitrogens with one attached hydrogen (secondary N) is 1. The summed E-state index contributed by atoms with van der Waals surface area (Å²) in [6, 6.07) is 3.87. The van der Waals surface area contributed by atoms with Crippen molar-refractivity contribution in [1.82, 2.24) is 5.32 Å². The maximum Gasteiger partial charge on any atom is 0.340 e. The molecule has 0 saturated heterocycles. The summed E-state index contributed by atoms with van der Waals surface area (Å²) < 4.78 is 4.93. The number of amides is 3. The lowest BCUT2D eigenvalue weighted by Crippen LogP contribution is -2.42. The molecule has 0 radical (unpaired) electrons. The monoisotopic (exact) mass is 316 g/mol. The Bertz CT molecular complexity index is 550. The molecule has 3 N–H and O–H groups in total. The number of hydrogen-bond donors (Lipinski definition) is 2. The highest BCUT2D eigenvalue weighted by atomic mass is 35.5. The fourth-order valence-electron chi connectivity index (χ4n) is 1.29. The summed E-state index contributed by atoms with van der Waals surface area (Å²) in [5.41, 5.74) is 4.95. The van der Waals surface area contributed by atoms with Crippen LogP contribution in [0.15, 0.2) is 23.1 Å². The Morgan fingerprint density at radius 2 is 2.05 bits per heavy atom. The lowest BCUT2D eigenvalue weighted by Gasteiger charge is -2.13. The third kappa shape index (κ3) is 4.43. The van der Waals surface area contributed by atoms with Gasteiger partial charge in [0.25, 0.3) is 5.91 Å². The predicted octanol–water partition coefficient (Wildman–Crippen LogP) is 1.80. The van der Waals surface area contributed by atoms with E-state index in [4.69, 9.17) is 22.1 Å². The van der Waals surface area contributed by atoms with Crippen LogP contribution in [0.4, 0.5) is 4.79 Å². The molecule has 20 heavy (non-hydrogen) atoms. The van der Waals surface area contributed by atoms with E-state index in [0.29, 0.717) is 0 Å². The van der Waals surface area contributed by atoms with Crippen molar-refractivity contribution in [2.24, 2.45) is 5.73 Å². The van der Waals surface area contributed by atoms with Gasteiger partial charge in [0.15, 0.2) is 6.10 Å². The molecule has 8 heteroatoms. The van der Waals surface area contributed by atoms with Crippen molar-refractivity contribution in [2.75, 3.05) is 6.26 Å². The van der Waals surface area contributed by atoms with Gasteiger partial charge in [-0.2, -0.15) is 0 Å². The minimum absolute atomic E-state index is 0.150. The molecule has 0 fully saturated rings. The molecular weight excluding hydrogens is 304 g/mol. The summed E-state index contributed by atoms with van der Waals surface area (Å²) in [6.45, 7) is 1.32. The molecule has 1 aromatic rings. The Labute approximate surface area is 125 Å². The minimum Gasteiger partial charge on any atom is -0.449 e. The van der Waals surface area contributed by atoms with Gasteiger partial charge in [0.05, 0.1) is 10.6 Å². The summed E-state index contributed by atoms with van der Waals surface area (Å²) in [7, 11) is 0. The summed E-state index contributed by atoms with van der Waals surface area (Å²) >= 11 is 7.35. The number of rotatable bonds is 4. The molecule has 1 aromatic carbocycles. The molecule has 108 valence electrons. The highest BCUT2D eigenvalue weighted by Gasteiger charge is 2.21. The predicted molar refractivity (Wildman–Crippen MR) is 75.8 cm³/mol. The molecule has 1 unspecified atom stereocenters. The maximum absolute atomic E-state index is 11.9. The zero-order valence-electron chi connectivity index (χ0n) is 10.8. The highest BCUT2D eigenvalue weighted by Crippen LogP contribution is 2.23. The van der Waals surface area contributed by atoms with Crippen LogP contribution in [0.1, 0.15) is 17.3 Å². The fraction of sp³-hybridized carbons (Fsp3) is 0.250. The second-order valence-electron chi connectivity index (χ2n) is 3.75. The van der Waals surface area contributed by atoms with Gasteiger partial charge in [-0.05, 0) is 31.4 Å². The third-order valence-electron chi connectivity index (χ3n) is 2.29. The topological polar surface area (TPSA) is 98.5 Å². The van der Waals surface area contributed by atoms with Crippen molar-refractivity contribution in [2.45, 2.75) is 17.9 Å². The first-order chi connectivity index (χ1) is 9.35. The van der Waals surface area contributed by atoms with Gasteiger partial charge < -0.3 is 10.5 Å². The molecule has 1 rings (SSSR count). The second kappa shape index (κ2) is 7.16. The number of urea groups is 1. The Morgan fingerprint density at radius 1 is 1.40 bits per heavy atom. The molecule has 0 saturated carbocycles. The number of ether oxygens (including phenoxy) is 1. The third-order valence-corrected chi connectivity index (χ3v) is 3.35. The van der Waals surface area contributed by atoms with E-state index < -0.39 is 24.0 Å². The van der Waals surface area contributed by atoms with Crippen molar-refractivity contribution in [3.05, 3.63) is 28.8 Å². The zero-order valence-corrected chi connectivity index (χ0v) is 12.4. The van der Waals surface area contributed by atoms with Crippen LogP contribution in [0, 0.1) is 0 Å². The van der Waals surface area contributed by atoms with E-state index in [1.54, 1.807) is 18.2 Å². The SMILES string of the molecule is CSc1ccc(Cl)c(C(=O)OC(C)C(=O)NC(N)=O)c1.